The van der Waals surface area contributed by atoms with Crippen LogP contribution in [-0.2, 0) is 4.74 Å². The van der Waals surface area contributed by atoms with Gasteiger partial charge in [0, 0.05) is 17.7 Å². The van der Waals surface area contributed by atoms with E-state index in [0.29, 0.717) is 0 Å². The molecule has 5 atom stereocenters. The van der Waals surface area contributed by atoms with Crippen molar-refractivity contribution in [1.82, 2.24) is 0 Å². The van der Waals surface area contributed by atoms with Gasteiger partial charge in [0.25, 0.3) is 0 Å². The molecule has 0 saturated carbocycles. The normalized spacial score (nSPS) is 24.8. The van der Waals surface area contributed by atoms with Crippen LogP contribution in [0.3, 0.4) is 0 Å². The fourth-order valence-electron chi connectivity index (χ4n) is 3.65. The molecule has 4 rings (SSSR count). The largest absolute Gasteiger partial charge is 0.507 e. The van der Waals surface area contributed by atoms with Crippen molar-refractivity contribution >= 4 is 11.0 Å². The number of benzene rings is 2. The second kappa shape index (κ2) is 9.00. The van der Waals surface area contributed by atoms with E-state index in [1.165, 1.54) is 31.4 Å². The second-order valence-corrected chi connectivity index (χ2v) is 7.63. The number of fused-ring (bicyclic) bond motifs is 1. The van der Waals surface area contributed by atoms with E-state index < -0.39 is 54.2 Å². The van der Waals surface area contributed by atoms with E-state index in [0.717, 1.165) is 6.07 Å². The molecule has 34 heavy (non-hydrogen) atoms. The molecule has 0 aliphatic carbocycles. The first-order valence-corrected chi connectivity index (χ1v) is 10.0. The standard InChI is InChI=1S/C22H22O12/c1-31-12-4-8(2-3-10(12)24)21-19(29)17(27)15-11(25)5-9(6-13(15)33-21)32-22-20(30)18(28)16(26)14(7-23)34-22/h2-6,14,16,18,20,22-26,28-30H,7H2,1H3/t14?,16-,18+,20?,22-/m1/s1. The minimum Gasteiger partial charge on any atom is -0.507 e. The highest BCUT2D eigenvalue weighted by molar-refractivity contribution is 5.88. The van der Waals surface area contributed by atoms with Crippen LogP contribution < -0.4 is 14.9 Å². The van der Waals surface area contributed by atoms with Gasteiger partial charge in [-0.15, -0.1) is 0 Å². The van der Waals surface area contributed by atoms with Gasteiger partial charge in [0.05, 0.1) is 13.7 Å². The van der Waals surface area contributed by atoms with E-state index in [2.05, 4.69) is 0 Å². The number of aromatic hydroxyl groups is 3. The lowest BCUT2D eigenvalue weighted by molar-refractivity contribution is -0.277. The molecule has 0 bridgehead atoms. The molecule has 2 heterocycles. The summed E-state index contributed by atoms with van der Waals surface area (Å²) in [6, 6.07) is 6.15. The first-order chi connectivity index (χ1) is 16.2. The van der Waals surface area contributed by atoms with Gasteiger partial charge in [0.1, 0.15) is 46.9 Å². The van der Waals surface area contributed by atoms with Gasteiger partial charge < -0.3 is 54.4 Å². The molecule has 1 saturated heterocycles. The van der Waals surface area contributed by atoms with Crippen LogP contribution in [0.2, 0.25) is 0 Å². The topological polar surface area (TPSA) is 200 Å². The predicted octanol–water partition coefficient (Wildman–Crippen LogP) is -0.236. The zero-order chi connectivity index (χ0) is 24.7. The van der Waals surface area contributed by atoms with E-state index in [4.69, 9.17) is 18.6 Å². The Bertz CT molecular complexity index is 1270. The van der Waals surface area contributed by atoms with Crippen LogP contribution in [-0.4, -0.2) is 80.2 Å². The molecule has 1 aliphatic heterocycles. The Hall–Kier alpha value is -3.55. The fourth-order valence-corrected chi connectivity index (χ4v) is 3.65. The molecule has 0 radical (unpaired) electrons. The summed E-state index contributed by atoms with van der Waals surface area (Å²) in [7, 11) is 1.32. The van der Waals surface area contributed by atoms with Crippen LogP contribution in [0.1, 0.15) is 0 Å². The summed E-state index contributed by atoms with van der Waals surface area (Å²) < 4.78 is 21.4. The van der Waals surface area contributed by atoms with E-state index in [9.17, 15) is 40.5 Å². The molecule has 2 unspecified atom stereocenters. The lowest BCUT2D eigenvalue weighted by Gasteiger charge is -2.39. The number of ether oxygens (including phenoxy) is 3. The van der Waals surface area contributed by atoms with Crippen LogP contribution >= 0.6 is 0 Å². The molecule has 2 aromatic carbocycles. The molecule has 1 aliphatic rings. The molecule has 1 aromatic heterocycles. The minimum absolute atomic E-state index is 0.0576. The van der Waals surface area contributed by atoms with Crippen molar-refractivity contribution in [3.8, 4) is 40.1 Å². The smallest absolute Gasteiger partial charge is 0.238 e. The molecule has 12 nitrogen and oxygen atoms in total. The number of phenols is 2. The lowest BCUT2D eigenvalue weighted by atomic mass is 9.99. The molecule has 7 N–H and O–H groups in total. The Morgan fingerprint density at radius 3 is 2.38 bits per heavy atom. The highest BCUT2D eigenvalue weighted by atomic mass is 16.7. The van der Waals surface area contributed by atoms with Gasteiger partial charge in [-0.05, 0) is 18.2 Å². The van der Waals surface area contributed by atoms with Crippen molar-refractivity contribution in [2.75, 3.05) is 13.7 Å². The van der Waals surface area contributed by atoms with Crippen molar-refractivity contribution in [3.63, 3.8) is 0 Å². The third-order valence-corrected chi connectivity index (χ3v) is 5.47. The zero-order valence-corrected chi connectivity index (χ0v) is 17.7. The van der Waals surface area contributed by atoms with Crippen LogP contribution in [0.25, 0.3) is 22.3 Å². The summed E-state index contributed by atoms with van der Waals surface area (Å²) in [4.78, 5) is 12.7. The van der Waals surface area contributed by atoms with Gasteiger partial charge in [-0.1, -0.05) is 0 Å². The first kappa shape index (κ1) is 23.6. The zero-order valence-electron chi connectivity index (χ0n) is 17.7. The van der Waals surface area contributed by atoms with Gasteiger partial charge in [-0.2, -0.15) is 0 Å². The quantitative estimate of drug-likeness (QED) is 0.254. The maximum atomic E-state index is 12.7. The van der Waals surface area contributed by atoms with Crippen LogP contribution in [0.5, 0.6) is 28.7 Å². The van der Waals surface area contributed by atoms with E-state index in [1.54, 1.807) is 0 Å². The fraction of sp³-hybridized carbons (Fsp3) is 0.318. The Morgan fingerprint density at radius 1 is 0.971 bits per heavy atom. The summed E-state index contributed by atoms with van der Waals surface area (Å²) in [5.41, 5.74) is -0.962. The SMILES string of the molecule is COc1cc(-c2oc3cc(O[C@@H]4OC(CO)[C@@H](O)[C@H](O)C4O)cc(O)c3c(=O)c2O)ccc1O. The Labute approximate surface area is 191 Å². The van der Waals surface area contributed by atoms with Crippen molar-refractivity contribution in [3.05, 3.63) is 40.6 Å². The highest BCUT2D eigenvalue weighted by Gasteiger charge is 2.44. The Morgan fingerprint density at radius 2 is 1.71 bits per heavy atom. The Kier molecular flexibility index (Phi) is 6.25. The highest BCUT2D eigenvalue weighted by Crippen LogP contribution is 2.38. The average molecular weight is 478 g/mol. The van der Waals surface area contributed by atoms with Crippen LogP contribution in [0.4, 0.5) is 0 Å². The molecular weight excluding hydrogens is 456 g/mol. The van der Waals surface area contributed by atoms with Gasteiger partial charge in [0.2, 0.25) is 17.5 Å². The minimum atomic E-state index is -1.71. The van der Waals surface area contributed by atoms with Gasteiger partial charge in [-0.25, -0.2) is 0 Å². The molecular formula is C22H22O12. The third-order valence-electron chi connectivity index (χ3n) is 5.47. The number of rotatable bonds is 5. The summed E-state index contributed by atoms with van der Waals surface area (Å²) in [5.74, 6) is -1.96. The summed E-state index contributed by atoms with van der Waals surface area (Å²) in [6.45, 7) is -0.665. The number of hydrogen-bond acceptors (Lipinski definition) is 12. The molecule has 1 fully saturated rings. The lowest BCUT2D eigenvalue weighted by Crippen LogP contribution is -2.60. The van der Waals surface area contributed by atoms with Crippen molar-refractivity contribution in [1.29, 1.82) is 0 Å². The van der Waals surface area contributed by atoms with E-state index in [-0.39, 0.29) is 39.5 Å². The van der Waals surface area contributed by atoms with Gasteiger partial charge in [-0.3, -0.25) is 4.79 Å². The van der Waals surface area contributed by atoms with Crippen LogP contribution in [0.15, 0.2) is 39.5 Å². The van der Waals surface area contributed by atoms with Gasteiger partial charge >= 0.3 is 0 Å². The molecule has 12 heteroatoms. The molecule has 182 valence electrons. The number of phenolic OH excluding ortho intramolecular Hbond substituents is 2. The van der Waals surface area contributed by atoms with Crippen molar-refractivity contribution in [2.24, 2.45) is 0 Å². The number of hydrogen-bond donors (Lipinski definition) is 7. The number of aliphatic hydroxyl groups excluding tert-OH is 4. The summed E-state index contributed by atoms with van der Waals surface area (Å²) in [6.07, 6.45) is -7.74. The Balaban J connectivity index is 1.77. The molecule has 3 aromatic rings. The molecule has 0 spiro atoms. The van der Waals surface area contributed by atoms with E-state index >= 15 is 0 Å². The third kappa shape index (κ3) is 3.97. The first-order valence-electron chi connectivity index (χ1n) is 10.0. The monoisotopic (exact) mass is 478 g/mol. The van der Waals surface area contributed by atoms with Crippen LogP contribution in [0, 0.1) is 0 Å². The van der Waals surface area contributed by atoms with E-state index in [1.807, 2.05) is 0 Å². The maximum Gasteiger partial charge on any atom is 0.238 e. The number of aliphatic hydroxyl groups is 4. The predicted molar refractivity (Wildman–Crippen MR) is 114 cm³/mol. The summed E-state index contributed by atoms with van der Waals surface area (Å²) >= 11 is 0. The number of methoxy groups -OCH3 is 1. The maximum absolute atomic E-state index is 12.7. The van der Waals surface area contributed by atoms with Crippen molar-refractivity contribution < 1.29 is 54.4 Å². The second-order valence-electron chi connectivity index (χ2n) is 7.63. The molecule has 0 amide bonds. The average Bonchev–Trinajstić information content (AvgIpc) is 2.81. The summed E-state index contributed by atoms with van der Waals surface area (Å²) in [5, 5.41) is 69.5. The van der Waals surface area contributed by atoms with Crippen molar-refractivity contribution in [2.45, 2.75) is 30.7 Å². The van der Waals surface area contributed by atoms with Gasteiger partial charge in [0.15, 0.2) is 17.3 Å².